The molecule has 0 heterocycles. The van der Waals surface area contributed by atoms with E-state index in [1.807, 2.05) is 0 Å². The minimum absolute atomic E-state index is 0.315. The van der Waals surface area contributed by atoms with Gasteiger partial charge in [0.15, 0.2) is 0 Å². The van der Waals surface area contributed by atoms with E-state index in [0.717, 1.165) is 0 Å². The topological polar surface area (TPSA) is 41.1 Å². The summed E-state index contributed by atoms with van der Waals surface area (Å²) in [6.07, 6.45) is 1.58. The summed E-state index contributed by atoms with van der Waals surface area (Å²) in [7, 11) is 0. The zero-order chi connectivity index (χ0) is 11.3. The van der Waals surface area contributed by atoms with Crippen LogP contribution >= 0.6 is 0 Å². The summed E-state index contributed by atoms with van der Waals surface area (Å²) in [5, 5.41) is 5.17. The lowest BCUT2D eigenvalue weighted by Gasteiger charge is -2.08. The van der Waals surface area contributed by atoms with Crippen molar-refractivity contribution in [3.8, 4) is 0 Å². The second-order valence-corrected chi connectivity index (χ2v) is 3.08. The maximum atomic E-state index is 12.7. The Hall–Kier alpha value is -1.84. The van der Waals surface area contributed by atoms with Crippen molar-refractivity contribution in [2.75, 3.05) is 11.9 Å². The van der Waals surface area contributed by atoms with Crippen LogP contribution in [0.2, 0.25) is 0 Å². The molecule has 0 radical (unpaired) electrons. The summed E-state index contributed by atoms with van der Waals surface area (Å²) >= 11 is 0. The van der Waals surface area contributed by atoms with Gasteiger partial charge in [0.05, 0.1) is 0 Å². The Morgan fingerprint density at radius 1 is 1.60 bits per heavy atom. The van der Waals surface area contributed by atoms with Crippen LogP contribution in [-0.2, 0) is 0 Å². The Morgan fingerprint density at radius 3 is 2.93 bits per heavy atom. The van der Waals surface area contributed by atoms with E-state index in [-0.39, 0.29) is 11.8 Å². The smallest absolute Gasteiger partial charge is 0.319 e. The molecule has 4 heteroatoms. The molecule has 3 nitrogen and oxygen atoms in total. The number of amides is 2. The Balaban J connectivity index is 2.64. The molecule has 0 saturated carbocycles. The SMILES string of the molecule is C=CCNC(=O)Nc1ccc(F)cc1C. The molecule has 0 aliphatic heterocycles. The summed E-state index contributed by atoms with van der Waals surface area (Å²) in [6, 6.07) is 3.86. The van der Waals surface area contributed by atoms with Crippen LogP contribution in [0.15, 0.2) is 30.9 Å². The van der Waals surface area contributed by atoms with Crippen LogP contribution in [0.3, 0.4) is 0 Å². The predicted molar refractivity (Wildman–Crippen MR) is 58.4 cm³/mol. The number of hydrogen-bond donors (Lipinski definition) is 2. The van der Waals surface area contributed by atoms with Crippen molar-refractivity contribution in [3.63, 3.8) is 0 Å². The highest BCUT2D eigenvalue weighted by atomic mass is 19.1. The van der Waals surface area contributed by atoms with Crippen molar-refractivity contribution in [1.29, 1.82) is 0 Å². The van der Waals surface area contributed by atoms with Gasteiger partial charge < -0.3 is 10.6 Å². The molecule has 0 atom stereocenters. The van der Waals surface area contributed by atoms with E-state index in [1.165, 1.54) is 18.2 Å². The molecule has 0 saturated heterocycles. The Morgan fingerprint density at radius 2 is 2.33 bits per heavy atom. The molecule has 80 valence electrons. The van der Waals surface area contributed by atoms with E-state index >= 15 is 0 Å². The van der Waals surface area contributed by atoms with Crippen LogP contribution in [0.1, 0.15) is 5.56 Å². The van der Waals surface area contributed by atoms with E-state index in [4.69, 9.17) is 0 Å². The summed E-state index contributed by atoms with van der Waals surface area (Å²) in [4.78, 5) is 11.2. The van der Waals surface area contributed by atoms with E-state index in [1.54, 1.807) is 13.0 Å². The molecule has 2 N–H and O–H groups in total. The van der Waals surface area contributed by atoms with E-state index < -0.39 is 0 Å². The molecule has 0 bridgehead atoms. The van der Waals surface area contributed by atoms with Gasteiger partial charge in [0.2, 0.25) is 0 Å². The van der Waals surface area contributed by atoms with Crippen molar-refractivity contribution in [3.05, 3.63) is 42.2 Å². The highest BCUT2D eigenvalue weighted by Gasteiger charge is 2.03. The van der Waals surface area contributed by atoms with Crippen LogP contribution in [0.4, 0.5) is 14.9 Å². The first-order valence-electron chi connectivity index (χ1n) is 4.55. The third kappa shape index (κ3) is 3.42. The van der Waals surface area contributed by atoms with Gasteiger partial charge in [-0.1, -0.05) is 6.08 Å². The minimum atomic E-state index is -0.329. The fraction of sp³-hybridized carbons (Fsp3) is 0.182. The highest BCUT2D eigenvalue weighted by molar-refractivity contribution is 5.90. The van der Waals surface area contributed by atoms with Crippen molar-refractivity contribution in [2.45, 2.75) is 6.92 Å². The number of rotatable bonds is 3. The van der Waals surface area contributed by atoms with Gasteiger partial charge in [0.25, 0.3) is 0 Å². The molecular formula is C11H13FN2O. The van der Waals surface area contributed by atoms with Gasteiger partial charge in [-0.05, 0) is 30.7 Å². The van der Waals surface area contributed by atoms with Gasteiger partial charge in [-0.25, -0.2) is 9.18 Å². The largest absolute Gasteiger partial charge is 0.334 e. The summed E-state index contributed by atoms with van der Waals surface area (Å²) < 4.78 is 12.7. The summed E-state index contributed by atoms with van der Waals surface area (Å²) in [5.74, 6) is -0.315. The molecule has 1 aromatic carbocycles. The van der Waals surface area contributed by atoms with Crippen molar-refractivity contribution >= 4 is 11.7 Å². The van der Waals surface area contributed by atoms with Crippen molar-refractivity contribution < 1.29 is 9.18 Å². The monoisotopic (exact) mass is 208 g/mol. The molecule has 0 aliphatic rings. The zero-order valence-electron chi connectivity index (χ0n) is 8.51. The third-order valence-corrected chi connectivity index (χ3v) is 1.84. The summed E-state index contributed by atoms with van der Waals surface area (Å²) in [5.41, 5.74) is 1.28. The maximum absolute atomic E-state index is 12.7. The predicted octanol–water partition coefficient (Wildman–Crippen LogP) is 2.44. The molecule has 2 amide bonds. The molecule has 0 aromatic heterocycles. The molecule has 0 fully saturated rings. The number of urea groups is 1. The standard InChI is InChI=1S/C11H13FN2O/c1-3-6-13-11(15)14-10-5-4-9(12)7-8(10)2/h3-5,7H,1,6H2,2H3,(H2,13,14,15). The fourth-order valence-electron chi connectivity index (χ4n) is 1.10. The first-order valence-corrected chi connectivity index (χ1v) is 4.55. The Labute approximate surface area is 88.0 Å². The van der Waals surface area contributed by atoms with E-state index in [9.17, 15) is 9.18 Å². The zero-order valence-corrected chi connectivity index (χ0v) is 8.51. The number of aryl methyl sites for hydroxylation is 1. The number of nitrogens with one attached hydrogen (secondary N) is 2. The van der Waals surface area contributed by atoms with Crippen LogP contribution in [0, 0.1) is 12.7 Å². The lowest BCUT2D eigenvalue weighted by Crippen LogP contribution is -2.28. The van der Waals surface area contributed by atoms with Crippen molar-refractivity contribution in [1.82, 2.24) is 5.32 Å². The number of halogens is 1. The van der Waals surface area contributed by atoms with Gasteiger partial charge in [-0.15, -0.1) is 6.58 Å². The quantitative estimate of drug-likeness (QED) is 0.736. The molecular weight excluding hydrogens is 195 g/mol. The lowest BCUT2D eigenvalue weighted by atomic mass is 10.2. The Kier molecular flexibility index (Phi) is 3.85. The second-order valence-electron chi connectivity index (χ2n) is 3.08. The van der Waals surface area contributed by atoms with Gasteiger partial charge in [-0.3, -0.25) is 0 Å². The molecule has 1 aromatic rings. The second kappa shape index (κ2) is 5.14. The third-order valence-electron chi connectivity index (χ3n) is 1.84. The molecule has 15 heavy (non-hydrogen) atoms. The van der Waals surface area contributed by atoms with Gasteiger partial charge in [0.1, 0.15) is 5.82 Å². The molecule has 1 rings (SSSR count). The van der Waals surface area contributed by atoms with Gasteiger partial charge in [0, 0.05) is 12.2 Å². The van der Waals surface area contributed by atoms with E-state index in [0.29, 0.717) is 17.8 Å². The summed E-state index contributed by atoms with van der Waals surface area (Å²) in [6.45, 7) is 5.60. The van der Waals surface area contributed by atoms with Crippen LogP contribution < -0.4 is 10.6 Å². The van der Waals surface area contributed by atoms with Crippen molar-refractivity contribution in [2.24, 2.45) is 0 Å². The molecule has 0 unspecified atom stereocenters. The number of carbonyl (C=O) groups excluding carboxylic acids is 1. The fourth-order valence-corrected chi connectivity index (χ4v) is 1.10. The molecule has 0 aliphatic carbocycles. The first kappa shape index (κ1) is 11.2. The average Bonchev–Trinajstić information content (AvgIpc) is 2.19. The lowest BCUT2D eigenvalue weighted by molar-refractivity contribution is 0.253. The number of anilines is 1. The maximum Gasteiger partial charge on any atom is 0.319 e. The molecule has 0 spiro atoms. The minimum Gasteiger partial charge on any atom is -0.334 e. The Bertz CT molecular complexity index is 377. The number of hydrogen-bond acceptors (Lipinski definition) is 1. The number of carbonyl (C=O) groups is 1. The van der Waals surface area contributed by atoms with Gasteiger partial charge in [-0.2, -0.15) is 0 Å². The average molecular weight is 208 g/mol. The van der Waals surface area contributed by atoms with Gasteiger partial charge >= 0.3 is 6.03 Å². The van der Waals surface area contributed by atoms with E-state index in [2.05, 4.69) is 17.2 Å². The van der Waals surface area contributed by atoms with Crippen LogP contribution in [0.25, 0.3) is 0 Å². The normalized spacial score (nSPS) is 9.47. The van der Waals surface area contributed by atoms with Crippen LogP contribution in [0.5, 0.6) is 0 Å². The first-order chi connectivity index (χ1) is 7.13. The number of benzene rings is 1. The van der Waals surface area contributed by atoms with Crippen LogP contribution in [-0.4, -0.2) is 12.6 Å². The highest BCUT2D eigenvalue weighted by Crippen LogP contribution is 2.15.